The Bertz CT molecular complexity index is 1390. The second kappa shape index (κ2) is 11.3. The molecule has 2 aromatic heterocycles. The Balaban J connectivity index is 0.000000174. The highest BCUT2D eigenvalue weighted by molar-refractivity contribution is 6.35. The molecule has 1 aliphatic heterocycles. The Labute approximate surface area is 216 Å². The molecular formula is C28H32ClN3O4. The van der Waals surface area contributed by atoms with Gasteiger partial charge in [0.05, 0.1) is 43.5 Å². The van der Waals surface area contributed by atoms with Gasteiger partial charge in [0.2, 0.25) is 0 Å². The number of pyridine rings is 2. The van der Waals surface area contributed by atoms with Crippen LogP contribution in [0.15, 0.2) is 36.4 Å². The molecule has 1 saturated heterocycles. The zero-order valence-electron chi connectivity index (χ0n) is 21.1. The van der Waals surface area contributed by atoms with Gasteiger partial charge in [-0.3, -0.25) is 9.97 Å². The van der Waals surface area contributed by atoms with Gasteiger partial charge in [-0.25, -0.2) is 0 Å². The van der Waals surface area contributed by atoms with Crippen LogP contribution in [0.5, 0.6) is 11.5 Å². The van der Waals surface area contributed by atoms with Crippen molar-refractivity contribution in [3.05, 3.63) is 63.9 Å². The average Bonchev–Trinajstić information content (AvgIpc) is 3.42. The standard InChI is InChI=1S/C16H20N2O2.C12H12ClNO2/c1-11-7-15(18-5-3-4-6-18)13-9-16(20-2)12(10-19)8-14(13)17-11;1-7-3-10(13)9-5-12(16-2)8(6-15)4-11(9)14-7/h7-9,19H,3-6,10H2,1-2H3;3-5,15H,6H2,1-2H3. The van der Waals surface area contributed by atoms with Gasteiger partial charge in [0.25, 0.3) is 0 Å². The number of methoxy groups -OCH3 is 2. The van der Waals surface area contributed by atoms with Gasteiger partial charge in [-0.2, -0.15) is 0 Å². The van der Waals surface area contributed by atoms with Crippen LogP contribution in [0, 0.1) is 13.8 Å². The summed E-state index contributed by atoms with van der Waals surface area (Å²) >= 11 is 6.13. The molecule has 0 unspecified atom stereocenters. The first-order chi connectivity index (χ1) is 17.4. The van der Waals surface area contributed by atoms with Gasteiger partial charge >= 0.3 is 0 Å². The number of nitrogens with zero attached hydrogens (tertiary/aromatic N) is 3. The highest BCUT2D eigenvalue weighted by Gasteiger charge is 2.17. The summed E-state index contributed by atoms with van der Waals surface area (Å²) in [4.78, 5) is 11.4. The van der Waals surface area contributed by atoms with Crippen LogP contribution in [0.2, 0.25) is 5.02 Å². The number of fused-ring (bicyclic) bond motifs is 2. The molecule has 1 aliphatic rings. The number of rotatable bonds is 5. The molecule has 8 heteroatoms. The van der Waals surface area contributed by atoms with Crippen LogP contribution in [-0.2, 0) is 13.2 Å². The van der Waals surface area contributed by atoms with Gasteiger partial charge in [0.15, 0.2) is 0 Å². The molecule has 7 nitrogen and oxygen atoms in total. The fraction of sp³-hybridized carbons (Fsp3) is 0.357. The second-order valence-electron chi connectivity index (χ2n) is 8.90. The van der Waals surface area contributed by atoms with E-state index in [1.807, 2.05) is 32.0 Å². The van der Waals surface area contributed by atoms with Crippen molar-refractivity contribution >= 4 is 39.1 Å². The molecule has 1 fully saturated rings. The molecule has 2 N–H and O–H groups in total. The van der Waals surface area contributed by atoms with E-state index >= 15 is 0 Å². The van der Waals surface area contributed by atoms with Crippen LogP contribution >= 0.6 is 11.6 Å². The zero-order valence-corrected chi connectivity index (χ0v) is 21.9. The lowest BCUT2D eigenvalue weighted by atomic mass is 10.1. The first-order valence-electron chi connectivity index (χ1n) is 12.0. The first kappa shape index (κ1) is 25.9. The summed E-state index contributed by atoms with van der Waals surface area (Å²) in [7, 11) is 3.20. The molecule has 3 heterocycles. The monoisotopic (exact) mass is 509 g/mol. The predicted molar refractivity (Wildman–Crippen MR) is 144 cm³/mol. The lowest BCUT2D eigenvalue weighted by molar-refractivity contribution is 0.273. The Hall–Kier alpha value is -3.13. The lowest BCUT2D eigenvalue weighted by Gasteiger charge is -2.21. The van der Waals surface area contributed by atoms with E-state index in [1.165, 1.54) is 18.5 Å². The SMILES string of the molecule is COc1cc2c(Cl)cc(C)nc2cc1CO.COc1cc2c(N3CCCC3)cc(C)nc2cc1CO. The maximum Gasteiger partial charge on any atom is 0.125 e. The van der Waals surface area contributed by atoms with Gasteiger partial charge in [-0.05, 0) is 63.1 Å². The number of hydrogen-bond acceptors (Lipinski definition) is 7. The summed E-state index contributed by atoms with van der Waals surface area (Å²) in [5, 5.41) is 21.2. The maximum absolute atomic E-state index is 9.44. The third-order valence-corrected chi connectivity index (χ3v) is 6.71. The molecule has 2 aromatic carbocycles. The molecule has 0 atom stereocenters. The van der Waals surface area contributed by atoms with Crippen molar-refractivity contribution in [1.82, 2.24) is 9.97 Å². The third-order valence-electron chi connectivity index (χ3n) is 6.39. The number of aliphatic hydroxyl groups excluding tert-OH is 2. The molecule has 4 aromatic rings. The average molecular weight is 510 g/mol. The molecule has 0 spiro atoms. The highest BCUT2D eigenvalue weighted by atomic mass is 35.5. The minimum absolute atomic E-state index is 0.0339. The Morgan fingerprint density at radius 2 is 1.28 bits per heavy atom. The highest BCUT2D eigenvalue weighted by Crippen LogP contribution is 2.34. The first-order valence-corrected chi connectivity index (χ1v) is 12.3. The van der Waals surface area contributed by atoms with Crippen molar-refractivity contribution in [3.63, 3.8) is 0 Å². The number of halogens is 1. The van der Waals surface area contributed by atoms with Gasteiger partial charge in [-0.15, -0.1) is 0 Å². The molecule has 36 heavy (non-hydrogen) atoms. The molecule has 0 bridgehead atoms. The number of anilines is 1. The Kier molecular flexibility index (Phi) is 8.14. The van der Waals surface area contributed by atoms with Crippen LogP contribution in [0.1, 0.15) is 35.4 Å². The normalized spacial score (nSPS) is 13.1. The smallest absolute Gasteiger partial charge is 0.125 e. The lowest BCUT2D eigenvalue weighted by Crippen LogP contribution is -2.18. The predicted octanol–water partition coefficient (Wildman–Crippen LogP) is 5.34. The summed E-state index contributed by atoms with van der Waals surface area (Å²) in [6.07, 6.45) is 2.49. The second-order valence-corrected chi connectivity index (χ2v) is 9.31. The van der Waals surface area contributed by atoms with E-state index in [0.717, 1.165) is 57.6 Å². The fourth-order valence-electron chi connectivity index (χ4n) is 4.63. The molecule has 0 amide bonds. The number of hydrogen-bond donors (Lipinski definition) is 2. The van der Waals surface area contributed by atoms with Crippen molar-refractivity contribution in [2.45, 2.75) is 39.9 Å². The van der Waals surface area contributed by atoms with E-state index in [9.17, 15) is 10.2 Å². The maximum atomic E-state index is 9.44. The minimum atomic E-state index is -0.0770. The summed E-state index contributed by atoms with van der Waals surface area (Å²) in [6, 6.07) is 11.5. The van der Waals surface area contributed by atoms with Crippen LogP contribution in [-0.4, -0.2) is 47.5 Å². The number of aromatic nitrogens is 2. The molecule has 0 aliphatic carbocycles. The fourth-order valence-corrected chi connectivity index (χ4v) is 4.94. The molecular weight excluding hydrogens is 478 g/mol. The molecule has 0 radical (unpaired) electrons. The molecule has 190 valence electrons. The van der Waals surface area contributed by atoms with Gasteiger partial charge in [-0.1, -0.05) is 11.6 Å². The topological polar surface area (TPSA) is 87.9 Å². The van der Waals surface area contributed by atoms with Crippen LogP contribution < -0.4 is 14.4 Å². The van der Waals surface area contributed by atoms with Gasteiger partial charge in [0.1, 0.15) is 11.5 Å². The summed E-state index contributed by atoms with van der Waals surface area (Å²) in [5.74, 6) is 1.36. The molecule has 5 rings (SSSR count). The van der Waals surface area contributed by atoms with Gasteiger partial charge in [0, 0.05) is 52.1 Å². The van der Waals surface area contributed by atoms with Crippen molar-refractivity contribution in [3.8, 4) is 11.5 Å². The minimum Gasteiger partial charge on any atom is -0.496 e. The van der Waals surface area contributed by atoms with Crippen LogP contribution in [0.4, 0.5) is 5.69 Å². The van der Waals surface area contributed by atoms with Crippen molar-refractivity contribution < 1.29 is 19.7 Å². The summed E-state index contributed by atoms with van der Waals surface area (Å²) in [5.41, 5.74) is 6.29. The summed E-state index contributed by atoms with van der Waals surface area (Å²) < 4.78 is 10.6. The number of benzene rings is 2. The van der Waals surface area contributed by atoms with Crippen molar-refractivity contribution in [1.29, 1.82) is 0 Å². The summed E-state index contributed by atoms with van der Waals surface area (Å²) in [6.45, 7) is 5.99. The van der Waals surface area contributed by atoms with E-state index in [4.69, 9.17) is 21.1 Å². The Morgan fingerprint density at radius 3 is 1.81 bits per heavy atom. The van der Waals surface area contributed by atoms with E-state index in [-0.39, 0.29) is 13.2 Å². The van der Waals surface area contributed by atoms with Crippen LogP contribution in [0.3, 0.4) is 0 Å². The van der Waals surface area contributed by atoms with E-state index < -0.39 is 0 Å². The van der Waals surface area contributed by atoms with Gasteiger partial charge < -0.3 is 24.6 Å². The van der Waals surface area contributed by atoms with Crippen molar-refractivity contribution in [2.24, 2.45) is 0 Å². The van der Waals surface area contributed by atoms with Crippen molar-refractivity contribution in [2.75, 3.05) is 32.2 Å². The number of ether oxygens (including phenoxy) is 2. The number of aryl methyl sites for hydroxylation is 2. The van der Waals surface area contributed by atoms with E-state index in [0.29, 0.717) is 16.3 Å². The van der Waals surface area contributed by atoms with E-state index in [2.05, 4.69) is 20.9 Å². The largest absolute Gasteiger partial charge is 0.496 e. The number of aliphatic hydroxyl groups is 2. The Morgan fingerprint density at radius 1 is 0.778 bits per heavy atom. The van der Waals surface area contributed by atoms with Crippen LogP contribution in [0.25, 0.3) is 21.8 Å². The quantitative estimate of drug-likeness (QED) is 0.375. The third kappa shape index (κ3) is 5.33. The molecule has 0 saturated carbocycles. The van der Waals surface area contributed by atoms with E-state index in [1.54, 1.807) is 26.4 Å². The zero-order chi connectivity index (χ0) is 25.8.